The summed E-state index contributed by atoms with van der Waals surface area (Å²) in [6.07, 6.45) is 3.82. The van der Waals surface area contributed by atoms with Gasteiger partial charge in [0.25, 0.3) is 11.8 Å². The fourth-order valence-corrected chi connectivity index (χ4v) is 4.38. The summed E-state index contributed by atoms with van der Waals surface area (Å²) in [5.74, 6) is -0.755. The van der Waals surface area contributed by atoms with E-state index in [4.69, 9.17) is 20.9 Å². The zero-order valence-corrected chi connectivity index (χ0v) is 21.9. The Morgan fingerprint density at radius 2 is 1.76 bits per heavy atom. The van der Waals surface area contributed by atoms with Crippen molar-refractivity contribution in [3.63, 3.8) is 0 Å². The molecule has 1 atom stereocenters. The summed E-state index contributed by atoms with van der Waals surface area (Å²) in [5.41, 5.74) is 11.9. The standard InChI is InChI=1S/C25H30N6O5S/c1-14(2)7-12-29-24(33)21(15-8-10-28-11-9-15)31(16-5-6-17(35-3)18(13-16)36-4)25(34)22-19(26)20(23(27)32)30-37-22/h5-6,8-11,13-14,21H,7,12,26H2,1-4H3,(H2,27,32)(H,29,33)/t21-/m1/s1. The number of carbonyl (C=O) groups is 3. The Balaban J connectivity index is 2.20. The van der Waals surface area contributed by atoms with Gasteiger partial charge in [0.05, 0.1) is 19.9 Å². The van der Waals surface area contributed by atoms with Gasteiger partial charge in [0, 0.05) is 30.7 Å². The second kappa shape index (κ2) is 12.2. The number of benzene rings is 1. The van der Waals surface area contributed by atoms with Crippen molar-refractivity contribution in [2.45, 2.75) is 26.3 Å². The van der Waals surface area contributed by atoms with Crippen LogP contribution in [0.4, 0.5) is 11.4 Å². The van der Waals surface area contributed by atoms with Crippen LogP contribution in [-0.4, -0.2) is 47.8 Å². The van der Waals surface area contributed by atoms with Crippen LogP contribution >= 0.6 is 11.5 Å². The summed E-state index contributed by atoms with van der Waals surface area (Å²) < 4.78 is 14.7. The number of anilines is 2. The molecule has 3 aromatic rings. The summed E-state index contributed by atoms with van der Waals surface area (Å²) in [6.45, 7) is 4.52. The van der Waals surface area contributed by atoms with Crippen LogP contribution in [0.1, 0.15) is 52.0 Å². The molecule has 2 heterocycles. The van der Waals surface area contributed by atoms with Gasteiger partial charge in [-0.3, -0.25) is 24.3 Å². The molecule has 37 heavy (non-hydrogen) atoms. The van der Waals surface area contributed by atoms with Crippen LogP contribution in [0.25, 0.3) is 0 Å². The van der Waals surface area contributed by atoms with Crippen molar-refractivity contribution in [2.24, 2.45) is 11.7 Å². The van der Waals surface area contributed by atoms with Crippen molar-refractivity contribution >= 4 is 40.6 Å². The van der Waals surface area contributed by atoms with E-state index in [0.717, 1.165) is 18.0 Å². The molecule has 0 aliphatic heterocycles. The number of nitrogen functional groups attached to an aromatic ring is 1. The number of ether oxygens (including phenoxy) is 2. The largest absolute Gasteiger partial charge is 0.493 e. The highest BCUT2D eigenvalue weighted by atomic mass is 32.1. The lowest BCUT2D eigenvalue weighted by Gasteiger charge is -2.31. The predicted molar refractivity (Wildman–Crippen MR) is 141 cm³/mol. The minimum absolute atomic E-state index is 0.0300. The molecule has 196 valence electrons. The number of primary amides is 1. The molecule has 0 aliphatic rings. The Morgan fingerprint density at radius 1 is 1.08 bits per heavy atom. The lowest BCUT2D eigenvalue weighted by Crippen LogP contribution is -2.44. The Kier molecular flexibility index (Phi) is 9.01. The number of nitrogens with zero attached hydrogens (tertiary/aromatic N) is 3. The number of pyridine rings is 1. The Hall–Kier alpha value is -4.19. The van der Waals surface area contributed by atoms with Gasteiger partial charge in [0.1, 0.15) is 10.9 Å². The molecule has 5 N–H and O–H groups in total. The molecule has 0 spiro atoms. The molecular weight excluding hydrogens is 496 g/mol. The first-order chi connectivity index (χ1) is 17.7. The summed E-state index contributed by atoms with van der Waals surface area (Å²) in [6, 6.07) is 7.02. The van der Waals surface area contributed by atoms with Crippen molar-refractivity contribution in [2.75, 3.05) is 31.4 Å². The highest BCUT2D eigenvalue weighted by Gasteiger charge is 2.36. The third-order valence-electron chi connectivity index (χ3n) is 5.57. The first-order valence-corrected chi connectivity index (χ1v) is 12.2. The Morgan fingerprint density at radius 3 is 2.32 bits per heavy atom. The molecule has 0 radical (unpaired) electrons. The lowest BCUT2D eigenvalue weighted by atomic mass is 10.0. The van der Waals surface area contributed by atoms with Crippen LogP contribution in [0.15, 0.2) is 42.7 Å². The topological polar surface area (TPSA) is 163 Å². The van der Waals surface area contributed by atoms with Crippen LogP contribution in [0, 0.1) is 5.92 Å². The van der Waals surface area contributed by atoms with Gasteiger partial charge in [-0.2, -0.15) is 4.37 Å². The number of rotatable bonds is 11. The fourth-order valence-electron chi connectivity index (χ4n) is 3.64. The van der Waals surface area contributed by atoms with Gasteiger partial charge < -0.3 is 26.3 Å². The van der Waals surface area contributed by atoms with Crippen LogP contribution < -0.4 is 31.2 Å². The molecule has 12 heteroatoms. The molecule has 0 saturated heterocycles. The monoisotopic (exact) mass is 526 g/mol. The van der Waals surface area contributed by atoms with Crippen LogP contribution in [0.2, 0.25) is 0 Å². The molecule has 0 saturated carbocycles. The smallest absolute Gasteiger partial charge is 0.273 e. The molecule has 0 aliphatic carbocycles. The van der Waals surface area contributed by atoms with E-state index >= 15 is 0 Å². The first kappa shape index (κ1) is 27.4. The zero-order valence-electron chi connectivity index (χ0n) is 21.1. The van der Waals surface area contributed by atoms with Gasteiger partial charge in [-0.05, 0) is 53.7 Å². The normalized spacial score (nSPS) is 11.6. The van der Waals surface area contributed by atoms with Gasteiger partial charge in [-0.15, -0.1) is 0 Å². The number of methoxy groups -OCH3 is 2. The molecular formula is C25H30N6O5S. The molecule has 0 bridgehead atoms. The highest BCUT2D eigenvalue weighted by Crippen LogP contribution is 2.37. The summed E-state index contributed by atoms with van der Waals surface area (Å²) in [7, 11) is 2.96. The minimum Gasteiger partial charge on any atom is -0.493 e. The van der Waals surface area contributed by atoms with Crippen LogP contribution in [0.5, 0.6) is 11.5 Å². The molecule has 3 rings (SSSR count). The average Bonchev–Trinajstić information content (AvgIpc) is 3.28. The van der Waals surface area contributed by atoms with Gasteiger partial charge >= 0.3 is 0 Å². The second-order valence-electron chi connectivity index (χ2n) is 8.51. The zero-order chi connectivity index (χ0) is 27.1. The van der Waals surface area contributed by atoms with E-state index < -0.39 is 23.8 Å². The maximum absolute atomic E-state index is 14.1. The number of amides is 3. The average molecular weight is 527 g/mol. The number of hydrogen-bond donors (Lipinski definition) is 3. The summed E-state index contributed by atoms with van der Waals surface area (Å²) in [5, 5.41) is 2.93. The van der Waals surface area contributed by atoms with Crippen molar-refractivity contribution in [3.05, 3.63) is 58.9 Å². The summed E-state index contributed by atoms with van der Waals surface area (Å²) in [4.78, 5) is 44.8. The van der Waals surface area contributed by atoms with E-state index in [0.29, 0.717) is 35.2 Å². The minimum atomic E-state index is -1.11. The third-order valence-corrected chi connectivity index (χ3v) is 6.42. The molecule has 0 fully saturated rings. The van der Waals surface area contributed by atoms with Crippen molar-refractivity contribution in [3.8, 4) is 11.5 Å². The lowest BCUT2D eigenvalue weighted by molar-refractivity contribution is -0.122. The third kappa shape index (κ3) is 6.15. The quantitative estimate of drug-likeness (QED) is 0.343. The first-order valence-electron chi connectivity index (χ1n) is 11.5. The van der Waals surface area contributed by atoms with Crippen molar-refractivity contribution in [1.82, 2.24) is 14.7 Å². The number of nitrogens with two attached hydrogens (primary N) is 2. The second-order valence-corrected chi connectivity index (χ2v) is 9.28. The SMILES string of the molecule is COc1ccc(N(C(=O)c2snc(C(N)=O)c2N)[C@@H](C(=O)NCCC(C)C)c2ccncc2)cc1OC. The maximum Gasteiger partial charge on any atom is 0.273 e. The number of hydrogen-bond acceptors (Lipinski definition) is 9. The Bertz CT molecular complexity index is 1260. The van der Waals surface area contributed by atoms with Crippen LogP contribution in [-0.2, 0) is 4.79 Å². The van der Waals surface area contributed by atoms with Gasteiger partial charge in [-0.25, -0.2) is 0 Å². The molecule has 1 aromatic carbocycles. The van der Waals surface area contributed by atoms with Gasteiger partial charge in [0.2, 0.25) is 5.91 Å². The van der Waals surface area contributed by atoms with E-state index in [1.807, 2.05) is 0 Å². The molecule has 2 aromatic heterocycles. The van der Waals surface area contributed by atoms with E-state index in [1.165, 1.54) is 31.5 Å². The van der Waals surface area contributed by atoms with E-state index in [-0.39, 0.29) is 16.3 Å². The van der Waals surface area contributed by atoms with Gasteiger partial charge in [-0.1, -0.05) is 13.8 Å². The number of carbonyl (C=O) groups excluding carboxylic acids is 3. The predicted octanol–water partition coefficient (Wildman–Crippen LogP) is 2.79. The maximum atomic E-state index is 14.1. The van der Waals surface area contributed by atoms with Crippen molar-refractivity contribution < 1.29 is 23.9 Å². The van der Waals surface area contributed by atoms with E-state index in [9.17, 15) is 14.4 Å². The highest BCUT2D eigenvalue weighted by molar-refractivity contribution is 7.09. The van der Waals surface area contributed by atoms with Crippen molar-refractivity contribution in [1.29, 1.82) is 0 Å². The van der Waals surface area contributed by atoms with Gasteiger partial charge in [0.15, 0.2) is 17.2 Å². The number of aromatic nitrogens is 2. The summed E-state index contributed by atoms with van der Waals surface area (Å²) >= 11 is 0.732. The molecule has 3 amide bonds. The molecule has 11 nitrogen and oxygen atoms in total. The van der Waals surface area contributed by atoms with E-state index in [1.54, 1.807) is 30.3 Å². The van der Waals surface area contributed by atoms with E-state index in [2.05, 4.69) is 28.5 Å². The number of nitrogens with one attached hydrogen (secondary N) is 1. The molecule has 0 unspecified atom stereocenters. The van der Waals surface area contributed by atoms with Crippen LogP contribution in [0.3, 0.4) is 0 Å². The Labute approximate surface area is 218 Å². The fraction of sp³-hybridized carbons (Fsp3) is 0.320.